The zero-order valence-corrected chi connectivity index (χ0v) is 24.0. The van der Waals surface area contributed by atoms with Gasteiger partial charge < -0.3 is 4.55 Å². The Bertz CT molecular complexity index is 443. The van der Waals surface area contributed by atoms with E-state index in [-0.39, 0.29) is 42.1 Å². The van der Waals surface area contributed by atoms with Gasteiger partial charge in [-0.25, -0.2) is 8.42 Å². The summed E-state index contributed by atoms with van der Waals surface area (Å²) in [6.07, 6.45) is 26.6. The fraction of sp³-hybridized carbons (Fsp3) is 1.00. The van der Waals surface area contributed by atoms with E-state index in [1.165, 1.54) is 109 Å². The quantitative estimate of drug-likeness (QED) is 0.0829. The van der Waals surface area contributed by atoms with E-state index in [4.69, 9.17) is 0 Å². The third kappa shape index (κ3) is 28.8. The third-order valence-electron chi connectivity index (χ3n) is 6.13. The van der Waals surface area contributed by atoms with Crippen molar-refractivity contribution in [1.29, 1.82) is 0 Å². The van der Waals surface area contributed by atoms with Crippen LogP contribution < -0.4 is 29.6 Å². The Hall–Kier alpha value is 0.870. The maximum Gasteiger partial charge on any atom is 1.00 e. The molecule has 0 spiro atoms. The molecule has 0 aliphatic heterocycles. The van der Waals surface area contributed by atoms with Crippen molar-refractivity contribution in [3.63, 3.8) is 0 Å². The molecule has 1 atom stereocenters. The SMILES string of the molecule is CCCCCCCCCCCCCCCC(CCCCCCCC)COS(=O)(=O)[O-].[Na+]. The van der Waals surface area contributed by atoms with Crippen LogP contribution in [0.3, 0.4) is 0 Å². The largest absolute Gasteiger partial charge is 1.00 e. The Labute approximate surface area is 217 Å². The molecular weight excluding hydrogens is 419 g/mol. The Morgan fingerprint density at radius 1 is 0.581 bits per heavy atom. The van der Waals surface area contributed by atoms with Gasteiger partial charge in [-0.15, -0.1) is 0 Å². The van der Waals surface area contributed by atoms with Crippen LogP contribution in [-0.2, 0) is 14.6 Å². The second-order valence-electron chi connectivity index (χ2n) is 9.15. The number of hydrogen-bond donors (Lipinski definition) is 0. The third-order valence-corrected chi connectivity index (χ3v) is 6.55. The van der Waals surface area contributed by atoms with Crippen molar-refractivity contribution in [2.75, 3.05) is 6.61 Å². The van der Waals surface area contributed by atoms with Gasteiger partial charge in [0.05, 0.1) is 6.61 Å². The molecule has 0 saturated carbocycles. The van der Waals surface area contributed by atoms with Crippen LogP contribution in [0, 0.1) is 5.92 Å². The second kappa shape index (κ2) is 25.5. The molecule has 0 aromatic heterocycles. The molecule has 4 nitrogen and oxygen atoms in total. The van der Waals surface area contributed by atoms with Crippen LogP contribution in [0.4, 0.5) is 0 Å². The van der Waals surface area contributed by atoms with Crippen LogP contribution in [0.15, 0.2) is 0 Å². The summed E-state index contributed by atoms with van der Waals surface area (Å²) < 4.78 is 37.0. The minimum Gasteiger partial charge on any atom is -0.726 e. The van der Waals surface area contributed by atoms with Gasteiger partial charge in [0.15, 0.2) is 0 Å². The first-order valence-corrected chi connectivity index (χ1v) is 14.4. The molecule has 0 heterocycles. The van der Waals surface area contributed by atoms with Gasteiger partial charge in [-0.05, 0) is 18.8 Å². The van der Waals surface area contributed by atoms with Gasteiger partial charge >= 0.3 is 29.6 Å². The maximum atomic E-state index is 10.8. The molecule has 0 radical (unpaired) electrons. The van der Waals surface area contributed by atoms with E-state index < -0.39 is 10.4 Å². The molecule has 1 unspecified atom stereocenters. The van der Waals surface area contributed by atoms with Gasteiger partial charge in [0.2, 0.25) is 10.4 Å². The molecule has 0 fully saturated rings. The van der Waals surface area contributed by atoms with Gasteiger partial charge in [-0.2, -0.15) is 0 Å². The molecule has 0 amide bonds. The van der Waals surface area contributed by atoms with Crippen molar-refractivity contribution < 1.29 is 46.7 Å². The van der Waals surface area contributed by atoms with Crippen LogP contribution in [0.25, 0.3) is 0 Å². The fourth-order valence-electron chi connectivity index (χ4n) is 4.15. The van der Waals surface area contributed by atoms with Crippen LogP contribution in [0.2, 0.25) is 0 Å². The van der Waals surface area contributed by atoms with Crippen LogP contribution >= 0.6 is 0 Å². The molecule has 0 aliphatic carbocycles. The molecule has 0 N–H and O–H groups in total. The summed E-state index contributed by atoms with van der Waals surface area (Å²) in [4.78, 5) is 0. The number of rotatable bonds is 24. The zero-order valence-electron chi connectivity index (χ0n) is 21.2. The average Bonchev–Trinajstić information content (AvgIpc) is 2.70. The Morgan fingerprint density at radius 2 is 0.871 bits per heavy atom. The van der Waals surface area contributed by atoms with Gasteiger partial charge in [0.1, 0.15) is 0 Å². The van der Waals surface area contributed by atoms with E-state index in [0.717, 1.165) is 25.7 Å². The summed E-state index contributed by atoms with van der Waals surface area (Å²) in [7, 11) is -4.57. The van der Waals surface area contributed by atoms with E-state index >= 15 is 0 Å². The first kappa shape index (κ1) is 34.0. The first-order valence-electron chi connectivity index (χ1n) is 13.1. The normalized spacial score (nSPS) is 12.6. The van der Waals surface area contributed by atoms with Crippen LogP contribution in [0.1, 0.15) is 149 Å². The standard InChI is InChI=1S/C25H52O4S.Na/c1-3-5-7-9-11-12-13-14-15-16-17-19-21-23-25(24-29-30(26,27)28)22-20-18-10-8-6-4-2;/h25H,3-24H2,1-2H3,(H,26,27,28);/q;+1/p-1. The van der Waals surface area contributed by atoms with Gasteiger partial charge in [0.25, 0.3) is 0 Å². The molecule has 0 aliphatic rings. The Morgan fingerprint density at radius 3 is 1.16 bits per heavy atom. The molecule has 0 rings (SSSR count). The average molecular weight is 471 g/mol. The van der Waals surface area contributed by atoms with Crippen LogP contribution in [-0.4, -0.2) is 19.6 Å². The smallest absolute Gasteiger partial charge is 0.726 e. The summed E-state index contributed by atoms with van der Waals surface area (Å²) in [5, 5.41) is 0. The Balaban J connectivity index is 0. The van der Waals surface area contributed by atoms with E-state index in [1.807, 2.05) is 0 Å². The van der Waals surface area contributed by atoms with Gasteiger partial charge in [-0.3, -0.25) is 4.18 Å². The van der Waals surface area contributed by atoms with E-state index in [9.17, 15) is 13.0 Å². The minimum atomic E-state index is -4.57. The number of unbranched alkanes of at least 4 members (excludes halogenated alkanes) is 17. The maximum absolute atomic E-state index is 10.8. The Kier molecular flexibility index (Phi) is 28.0. The molecule has 0 aromatic carbocycles. The molecule has 0 bridgehead atoms. The monoisotopic (exact) mass is 470 g/mol. The fourth-order valence-corrected chi connectivity index (χ4v) is 4.51. The summed E-state index contributed by atoms with van der Waals surface area (Å²) in [6, 6.07) is 0. The van der Waals surface area contributed by atoms with Crippen molar-refractivity contribution in [2.45, 2.75) is 149 Å². The second-order valence-corrected chi connectivity index (χ2v) is 10.2. The molecule has 31 heavy (non-hydrogen) atoms. The molecule has 0 aromatic rings. The summed E-state index contributed by atoms with van der Waals surface area (Å²) in [6.45, 7) is 4.55. The van der Waals surface area contributed by atoms with Crippen molar-refractivity contribution in [3.8, 4) is 0 Å². The number of hydrogen-bond acceptors (Lipinski definition) is 4. The topological polar surface area (TPSA) is 66.4 Å². The van der Waals surface area contributed by atoms with E-state index in [2.05, 4.69) is 18.0 Å². The molecule has 182 valence electrons. The summed E-state index contributed by atoms with van der Waals surface area (Å²) in [5.74, 6) is 0.201. The molecular formula is C25H51NaO4S. The summed E-state index contributed by atoms with van der Waals surface area (Å²) >= 11 is 0. The van der Waals surface area contributed by atoms with Crippen molar-refractivity contribution in [3.05, 3.63) is 0 Å². The predicted molar refractivity (Wildman–Crippen MR) is 127 cm³/mol. The predicted octanol–water partition coefficient (Wildman–Crippen LogP) is 5.32. The molecule has 6 heteroatoms. The van der Waals surface area contributed by atoms with E-state index in [1.54, 1.807) is 0 Å². The van der Waals surface area contributed by atoms with Crippen molar-refractivity contribution in [1.82, 2.24) is 0 Å². The van der Waals surface area contributed by atoms with Gasteiger partial charge in [0, 0.05) is 0 Å². The zero-order chi connectivity index (χ0) is 22.3. The van der Waals surface area contributed by atoms with Crippen molar-refractivity contribution >= 4 is 10.4 Å². The minimum absolute atomic E-state index is 0. The summed E-state index contributed by atoms with van der Waals surface area (Å²) in [5.41, 5.74) is 0. The van der Waals surface area contributed by atoms with Crippen LogP contribution in [0.5, 0.6) is 0 Å². The van der Waals surface area contributed by atoms with E-state index in [0.29, 0.717) is 0 Å². The molecule has 0 saturated heterocycles. The van der Waals surface area contributed by atoms with Gasteiger partial charge in [-0.1, -0.05) is 136 Å². The first-order chi connectivity index (χ1) is 14.5. The van der Waals surface area contributed by atoms with Crippen molar-refractivity contribution in [2.24, 2.45) is 5.92 Å².